The molecule has 2 heterocycles. The van der Waals surface area contributed by atoms with Crippen molar-refractivity contribution >= 4 is 45.7 Å². The van der Waals surface area contributed by atoms with Gasteiger partial charge < -0.3 is 19.9 Å². The van der Waals surface area contributed by atoms with Crippen LogP contribution in [0.25, 0.3) is 0 Å². The van der Waals surface area contributed by atoms with E-state index in [4.69, 9.17) is 4.74 Å². The summed E-state index contributed by atoms with van der Waals surface area (Å²) in [6.45, 7) is 9.58. The van der Waals surface area contributed by atoms with E-state index in [1.165, 1.54) is 0 Å². The third-order valence-electron chi connectivity index (χ3n) is 5.27. The molecule has 0 bridgehead atoms. The van der Waals surface area contributed by atoms with E-state index in [0.29, 0.717) is 38.8 Å². The molecule has 0 spiro atoms. The summed E-state index contributed by atoms with van der Waals surface area (Å²) in [5, 5.41) is 3.16. The first kappa shape index (κ1) is 25.4. The van der Waals surface area contributed by atoms with Gasteiger partial charge in [-0.25, -0.2) is 8.42 Å². The number of nitrogens with one attached hydrogen (secondary N) is 1. The van der Waals surface area contributed by atoms with Gasteiger partial charge in [-0.3, -0.25) is 9.79 Å². The molecular formula is C18H35IN4O4S. The maximum atomic E-state index is 12.6. The van der Waals surface area contributed by atoms with Gasteiger partial charge in [0, 0.05) is 45.7 Å². The molecule has 2 saturated heterocycles. The minimum absolute atomic E-state index is 0. The molecule has 2 rings (SSSR count). The van der Waals surface area contributed by atoms with Crippen LogP contribution in [0.15, 0.2) is 4.99 Å². The molecule has 0 saturated carbocycles. The second-order valence-corrected chi connectivity index (χ2v) is 11.0. The third kappa shape index (κ3) is 6.72. The molecule has 2 aliphatic heterocycles. The van der Waals surface area contributed by atoms with E-state index >= 15 is 0 Å². The number of halogens is 1. The number of aliphatic imine (C=N–C) groups is 1. The van der Waals surface area contributed by atoms with Crippen LogP contribution < -0.4 is 5.32 Å². The first-order valence-electron chi connectivity index (χ1n) is 9.70. The Hall–Kier alpha value is -0.620. The summed E-state index contributed by atoms with van der Waals surface area (Å²) in [6.07, 6.45) is 1.58. The highest BCUT2D eigenvalue weighted by Crippen LogP contribution is 2.20. The molecular weight excluding hydrogens is 495 g/mol. The van der Waals surface area contributed by atoms with Gasteiger partial charge in [-0.2, -0.15) is 0 Å². The van der Waals surface area contributed by atoms with Crippen molar-refractivity contribution in [1.29, 1.82) is 0 Å². The van der Waals surface area contributed by atoms with Gasteiger partial charge in [-0.05, 0) is 33.6 Å². The van der Waals surface area contributed by atoms with E-state index in [1.807, 2.05) is 4.90 Å². The smallest absolute Gasteiger partial charge is 0.225 e. The molecule has 8 nitrogen and oxygen atoms in total. The van der Waals surface area contributed by atoms with Gasteiger partial charge in [0.1, 0.15) is 0 Å². The Labute approximate surface area is 186 Å². The maximum absolute atomic E-state index is 12.6. The number of ether oxygens (including phenoxy) is 1. The molecule has 164 valence electrons. The van der Waals surface area contributed by atoms with Crippen LogP contribution in [0, 0.1) is 5.92 Å². The first-order valence-corrected chi connectivity index (χ1v) is 11.4. The van der Waals surface area contributed by atoms with Gasteiger partial charge in [-0.15, -0.1) is 24.0 Å². The zero-order chi connectivity index (χ0) is 20.1. The molecule has 28 heavy (non-hydrogen) atoms. The molecule has 0 aromatic rings. The Morgan fingerprint density at radius 2 is 1.68 bits per heavy atom. The van der Waals surface area contributed by atoms with Gasteiger partial charge in [0.25, 0.3) is 0 Å². The van der Waals surface area contributed by atoms with Gasteiger partial charge in [0.05, 0.1) is 23.7 Å². The number of nitrogens with zero attached hydrogens (tertiary/aromatic N) is 3. The predicted octanol–water partition coefficient (Wildman–Crippen LogP) is 0.964. The van der Waals surface area contributed by atoms with E-state index in [9.17, 15) is 13.2 Å². The number of piperidine rings is 1. The molecule has 0 aliphatic carbocycles. The molecule has 0 aromatic heterocycles. The van der Waals surface area contributed by atoms with Gasteiger partial charge in [0.2, 0.25) is 5.91 Å². The van der Waals surface area contributed by atoms with Crippen molar-refractivity contribution < 1.29 is 17.9 Å². The summed E-state index contributed by atoms with van der Waals surface area (Å²) in [5.74, 6) is 1.06. The molecule has 2 fully saturated rings. The van der Waals surface area contributed by atoms with Crippen molar-refractivity contribution in [1.82, 2.24) is 15.1 Å². The molecule has 1 N–H and O–H groups in total. The van der Waals surface area contributed by atoms with E-state index in [0.717, 1.165) is 25.9 Å². The van der Waals surface area contributed by atoms with E-state index in [2.05, 4.69) is 15.2 Å². The lowest BCUT2D eigenvalue weighted by Crippen LogP contribution is -2.50. The zero-order valence-electron chi connectivity index (χ0n) is 17.4. The van der Waals surface area contributed by atoms with Crippen LogP contribution in [0.5, 0.6) is 0 Å². The lowest BCUT2D eigenvalue weighted by Gasteiger charge is -2.36. The van der Waals surface area contributed by atoms with E-state index in [-0.39, 0.29) is 41.6 Å². The number of sulfone groups is 1. The first-order chi connectivity index (χ1) is 12.7. The average Bonchev–Trinajstić information content (AvgIpc) is 2.64. The van der Waals surface area contributed by atoms with Crippen molar-refractivity contribution in [3.8, 4) is 0 Å². The van der Waals surface area contributed by atoms with Crippen LogP contribution in [0.4, 0.5) is 0 Å². The second-order valence-electron chi connectivity index (χ2n) is 8.10. The van der Waals surface area contributed by atoms with Crippen LogP contribution in [-0.2, 0) is 19.4 Å². The number of amides is 1. The minimum atomic E-state index is -3.16. The van der Waals surface area contributed by atoms with Crippen LogP contribution in [0.2, 0.25) is 0 Å². The Bertz CT molecular complexity index is 634. The van der Waals surface area contributed by atoms with Crippen molar-refractivity contribution in [3.63, 3.8) is 0 Å². The topological polar surface area (TPSA) is 91.3 Å². The summed E-state index contributed by atoms with van der Waals surface area (Å²) in [4.78, 5) is 20.9. The molecule has 0 atom stereocenters. The number of hydrogen-bond acceptors (Lipinski definition) is 5. The number of carbonyl (C=O) groups is 1. The Morgan fingerprint density at radius 3 is 2.18 bits per heavy atom. The van der Waals surface area contributed by atoms with Gasteiger partial charge in [0.15, 0.2) is 15.8 Å². The molecule has 10 heteroatoms. The monoisotopic (exact) mass is 530 g/mol. The molecule has 2 aliphatic rings. The van der Waals surface area contributed by atoms with Crippen molar-refractivity contribution in [2.45, 2.75) is 38.4 Å². The van der Waals surface area contributed by atoms with Crippen LogP contribution in [0.1, 0.15) is 33.6 Å². The fraction of sp³-hybridized carbons (Fsp3) is 0.889. The SMILES string of the molecule is CN=C(NCCS(=O)(=O)C(C)(C)C)N1CCC(C(=O)N2CCOCC2)CC1.I. The number of carbonyl (C=O) groups excluding carboxylic acids is 1. The third-order valence-corrected chi connectivity index (χ3v) is 7.87. The molecule has 0 radical (unpaired) electrons. The zero-order valence-corrected chi connectivity index (χ0v) is 20.6. The highest BCUT2D eigenvalue weighted by atomic mass is 127. The van der Waals surface area contributed by atoms with Gasteiger partial charge in [-0.1, -0.05) is 0 Å². The largest absolute Gasteiger partial charge is 0.378 e. The summed E-state index contributed by atoms with van der Waals surface area (Å²) < 4.78 is 29.0. The summed E-state index contributed by atoms with van der Waals surface area (Å²) in [5.41, 5.74) is 0. The maximum Gasteiger partial charge on any atom is 0.225 e. The highest BCUT2D eigenvalue weighted by molar-refractivity contribution is 14.0. The highest BCUT2D eigenvalue weighted by Gasteiger charge is 2.31. The van der Waals surface area contributed by atoms with Crippen molar-refractivity contribution in [3.05, 3.63) is 0 Å². The normalized spacial score (nSPS) is 19.9. The number of morpholine rings is 1. The minimum Gasteiger partial charge on any atom is -0.378 e. The van der Waals surface area contributed by atoms with Crippen molar-refractivity contribution in [2.24, 2.45) is 10.9 Å². The molecule has 1 amide bonds. The lowest BCUT2D eigenvalue weighted by atomic mass is 9.95. The Morgan fingerprint density at radius 1 is 1.11 bits per heavy atom. The molecule has 0 unspecified atom stereocenters. The Kier molecular flexibility index (Phi) is 9.95. The van der Waals surface area contributed by atoms with Crippen LogP contribution in [0.3, 0.4) is 0 Å². The van der Waals surface area contributed by atoms with Crippen molar-refractivity contribution in [2.75, 3.05) is 58.7 Å². The van der Waals surface area contributed by atoms with Crippen LogP contribution in [-0.4, -0.2) is 93.6 Å². The lowest BCUT2D eigenvalue weighted by molar-refractivity contribution is -0.140. The average molecular weight is 530 g/mol. The summed E-state index contributed by atoms with van der Waals surface area (Å²) in [6, 6.07) is 0. The quantitative estimate of drug-likeness (QED) is 0.331. The standard InChI is InChI=1S/C18H34N4O4S.HI/c1-18(2,3)27(24,25)14-7-20-17(19-4)22-8-5-15(6-9-22)16(23)21-10-12-26-13-11-21;/h15H,5-14H2,1-4H3,(H,19,20);1H. The van der Waals surface area contributed by atoms with E-state index in [1.54, 1.807) is 27.8 Å². The fourth-order valence-electron chi connectivity index (χ4n) is 3.32. The van der Waals surface area contributed by atoms with Crippen LogP contribution >= 0.6 is 24.0 Å². The van der Waals surface area contributed by atoms with E-state index < -0.39 is 14.6 Å². The second kappa shape index (κ2) is 11.0. The van der Waals surface area contributed by atoms with Gasteiger partial charge >= 0.3 is 0 Å². The fourth-order valence-corrected chi connectivity index (χ4v) is 4.30. The Balaban J connectivity index is 0.00000392. The molecule has 0 aromatic carbocycles. The predicted molar refractivity (Wildman–Crippen MR) is 122 cm³/mol. The summed E-state index contributed by atoms with van der Waals surface area (Å²) in [7, 11) is -1.46. The number of rotatable bonds is 4. The number of guanidine groups is 1. The number of likely N-dealkylation sites (tertiary alicyclic amines) is 1. The summed E-state index contributed by atoms with van der Waals surface area (Å²) >= 11 is 0. The number of hydrogen-bond donors (Lipinski definition) is 1.